The molecule has 20 heavy (non-hydrogen) atoms. The number of rotatable bonds is 2. The molecule has 0 radical (unpaired) electrons. The Morgan fingerprint density at radius 1 is 1.20 bits per heavy atom. The van der Waals surface area contributed by atoms with Gasteiger partial charge in [-0.05, 0) is 35.7 Å². The normalized spacial score (nSPS) is 21.1. The Labute approximate surface area is 117 Å². The molecule has 1 heterocycles. The quantitative estimate of drug-likeness (QED) is 0.897. The number of halogens is 1. The molecule has 1 aliphatic heterocycles. The van der Waals surface area contributed by atoms with Gasteiger partial charge < -0.3 is 9.84 Å². The highest BCUT2D eigenvalue weighted by molar-refractivity contribution is 5.40. The third-order valence-electron chi connectivity index (χ3n) is 3.82. The molecule has 1 unspecified atom stereocenters. The average molecular weight is 272 g/mol. The van der Waals surface area contributed by atoms with Crippen LogP contribution in [0.25, 0.3) is 0 Å². The van der Waals surface area contributed by atoms with E-state index in [1.807, 2.05) is 18.2 Å². The van der Waals surface area contributed by atoms with Crippen LogP contribution in [0.2, 0.25) is 0 Å². The number of aliphatic hydroxyl groups is 1. The molecule has 0 aliphatic carbocycles. The predicted octanol–water partition coefficient (Wildman–Crippen LogP) is 3.95. The molecule has 0 bridgehead atoms. The van der Waals surface area contributed by atoms with Crippen molar-refractivity contribution in [2.45, 2.75) is 32.0 Å². The van der Waals surface area contributed by atoms with E-state index in [2.05, 4.69) is 13.0 Å². The van der Waals surface area contributed by atoms with Crippen LogP contribution in [0.4, 0.5) is 4.39 Å². The summed E-state index contributed by atoms with van der Waals surface area (Å²) in [5, 5.41) is 10.2. The van der Waals surface area contributed by atoms with Crippen molar-refractivity contribution in [1.29, 1.82) is 0 Å². The molecule has 3 heteroatoms. The minimum absolute atomic E-state index is 0.181. The molecule has 2 nitrogen and oxygen atoms in total. The monoisotopic (exact) mass is 272 g/mol. The number of aliphatic hydroxyl groups excluding tert-OH is 1. The van der Waals surface area contributed by atoms with Gasteiger partial charge in [-0.3, -0.25) is 0 Å². The molecule has 2 atom stereocenters. The lowest BCUT2D eigenvalue weighted by Crippen LogP contribution is -2.20. The first-order chi connectivity index (χ1) is 9.69. The van der Waals surface area contributed by atoms with Crippen LogP contribution in [0.1, 0.15) is 42.2 Å². The summed E-state index contributed by atoms with van der Waals surface area (Å²) in [4.78, 5) is 0. The van der Waals surface area contributed by atoms with E-state index in [1.165, 1.54) is 17.7 Å². The van der Waals surface area contributed by atoms with E-state index in [1.54, 1.807) is 6.07 Å². The summed E-state index contributed by atoms with van der Waals surface area (Å²) in [6, 6.07) is 12.4. The van der Waals surface area contributed by atoms with Gasteiger partial charge in [0.1, 0.15) is 17.7 Å². The zero-order chi connectivity index (χ0) is 14.1. The van der Waals surface area contributed by atoms with Crippen molar-refractivity contribution < 1.29 is 14.2 Å². The van der Waals surface area contributed by atoms with Crippen LogP contribution in [-0.4, -0.2) is 5.11 Å². The molecule has 0 spiro atoms. The van der Waals surface area contributed by atoms with Crippen molar-refractivity contribution >= 4 is 0 Å². The highest BCUT2D eigenvalue weighted by Crippen LogP contribution is 2.41. The van der Waals surface area contributed by atoms with Crippen molar-refractivity contribution in [2.75, 3.05) is 0 Å². The van der Waals surface area contributed by atoms with Crippen LogP contribution in [0, 0.1) is 5.82 Å². The van der Waals surface area contributed by atoms with E-state index in [4.69, 9.17) is 4.74 Å². The summed E-state index contributed by atoms with van der Waals surface area (Å²) < 4.78 is 19.2. The lowest BCUT2D eigenvalue weighted by Gasteiger charge is -2.31. The van der Waals surface area contributed by atoms with Crippen molar-refractivity contribution in [3.05, 3.63) is 65.0 Å². The molecule has 0 fully saturated rings. The second-order valence-electron chi connectivity index (χ2n) is 5.09. The molecule has 1 N–H and O–H groups in total. The zero-order valence-corrected chi connectivity index (χ0v) is 11.3. The summed E-state index contributed by atoms with van der Waals surface area (Å²) in [6.07, 6.45) is 0.499. The molecular weight excluding hydrogens is 255 g/mol. The van der Waals surface area contributed by atoms with Crippen LogP contribution in [-0.2, 0) is 6.42 Å². The van der Waals surface area contributed by atoms with Gasteiger partial charge in [0.05, 0.1) is 6.10 Å². The van der Waals surface area contributed by atoms with Crippen LogP contribution in [0.3, 0.4) is 0 Å². The smallest absolute Gasteiger partial charge is 0.127 e. The Hall–Kier alpha value is -1.87. The van der Waals surface area contributed by atoms with E-state index < -0.39 is 6.10 Å². The van der Waals surface area contributed by atoms with Crippen LogP contribution in [0.15, 0.2) is 42.5 Å². The van der Waals surface area contributed by atoms with Gasteiger partial charge in [0, 0.05) is 12.0 Å². The van der Waals surface area contributed by atoms with E-state index in [9.17, 15) is 9.50 Å². The second-order valence-corrected chi connectivity index (χ2v) is 5.09. The summed E-state index contributed by atoms with van der Waals surface area (Å²) in [7, 11) is 0. The summed E-state index contributed by atoms with van der Waals surface area (Å²) in [6.45, 7) is 2.10. The first-order valence-corrected chi connectivity index (χ1v) is 6.91. The van der Waals surface area contributed by atoms with Crippen molar-refractivity contribution in [3.63, 3.8) is 0 Å². The Kier molecular flexibility index (Phi) is 3.45. The zero-order valence-electron chi connectivity index (χ0n) is 11.3. The number of fused-ring (bicyclic) bond motifs is 1. The lowest BCUT2D eigenvalue weighted by atomic mass is 9.92. The van der Waals surface area contributed by atoms with Gasteiger partial charge >= 0.3 is 0 Å². The van der Waals surface area contributed by atoms with Gasteiger partial charge in [0.25, 0.3) is 0 Å². The summed E-state index contributed by atoms with van der Waals surface area (Å²) in [5.74, 6) is 0.222. The molecule has 104 valence electrons. The molecule has 2 aromatic carbocycles. The number of ether oxygens (including phenoxy) is 1. The van der Waals surface area contributed by atoms with E-state index in [0.717, 1.165) is 12.0 Å². The minimum atomic E-state index is -0.690. The van der Waals surface area contributed by atoms with Crippen LogP contribution >= 0.6 is 0 Å². The van der Waals surface area contributed by atoms with Crippen LogP contribution < -0.4 is 4.74 Å². The number of hydrogen-bond donors (Lipinski definition) is 1. The number of benzene rings is 2. The van der Waals surface area contributed by atoms with Crippen molar-refractivity contribution in [1.82, 2.24) is 0 Å². The van der Waals surface area contributed by atoms with Crippen molar-refractivity contribution in [3.8, 4) is 5.75 Å². The third-order valence-corrected chi connectivity index (χ3v) is 3.82. The minimum Gasteiger partial charge on any atom is -0.485 e. The maximum Gasteiger partial charge on any atom is 0.127 e. The number of hydrogen-bond acceptors (Lipinski definition) is 2. The summed E-state index contributed by atoms with van der Waals surface area (Å²) in [5.41, 5.74) is 2.86. The largest absolute Gasteiger partial charge is 0.485 e. The van der Waals surface area contributed by atoms with Gasteiger partial charge in [-0.2, -0.15) is 0 Å². The van der Waals surface area contributed by atoms with Gasteiger partial charge in [-0.1, -0.05) is 31.2 Å². The lowest BCUT2D eigenvalue weighted by molar-refractivity contribution is 0.0649. The first-order valence-electron chi connectivity index (χ1n) is 6.91. The van der Waals surface area contributed by atoms with Gasteiger partial charge in [-0.25, -0.2) is 4.39 Å². The molecule has 0 aromatic heterocycles. The standard InChI is InChI=1S/C17H17FO2/c1-2-11-5-3-4-6-13(11)17-10-15(19)14-9-12(18)7-8-16(14)20-17/h3-9,15,17,19H,2,10H2,1H3/t15-,17?/m0/s1. The summed E-state index contributed by atoms with van der Waals surface area (Å²) >= 11 is 0. The molecule has 2 aromatic rings. The Bertz CT molecular complexity index is 624. The van der Waals surface area contributed by atoms with E-state index >= 15 is 0 Å². The maximum atomic E-state index is 13.2. The number of aryl methyl sites for hydroxylation is 1. The highest BCUT2D eigenvalue weighted by Gasteiger charge is 2.29. The highest BCUT2D eigenvalue weighted by atomic mass is 19.1. The molecule has 0 saturated heterocycles. The van der Waals surface area contributed by atoms with Gasteiger partial charge in [-0.15, -0.1) is 0 Å². The Morgan fingerprint density at radius 2 is 2.00 bits per heavy atom. The second kappa shape index (κ2) is 5.25. The predicted molar refractivity (Wildman–Crippen MR) is 75.2 cm³/mol. The Morgan fingerprint density at radius 3 is 2.80 bits per heavy atom. The van der Waals surface area contributed by atoms with Crippen LogP contribution in [0.5, 0.6) is 5.75 Å². The Balaban J connectivity index is 1.97. The SMILES string of the molecule is CCc1ccccc1C1C[C@H](O)c2cc(F)ccc2O1. The van der Waals surface area contributed by atoms with E-state index in [-0.39, 0.29) is 11.9 Å². The first kappa shape index (κ1) is 13.1. The average Bonchev–Trinajstić information content (AvgIpc) is 2.47. The van der Waals surface area contributed by atoms with Crippen molar-refractivity contribution in [2.24, 2.45) is 0 Å². The third kappa shape index (κ3) is 2.29. The molecule has 0 saturated carbocycles. The maximum absolute atomic E-state index is 13.2. The fraction of sp³-hybridized carbons (Fsp3) is 0.294. The van der Waals surface area contributed by atoms with Gasteiger partial charge in [0.15, 0.2) is 0 Å². The van der Waals surface area contributed by atoms with E-state index in [0.29, 0.717) is 17.7 Å². The fourth-order valence-corrected chi connectivity index (χ4v) is 2.78. The van der Waals surface area contributed by atoms with Gasteiger partial charge in [0.2, 0.25) is 0 Å². The molecule has 3 rings (SSSR count). The fourth-order valence-electron chi connectivity index (χ4n) is 2.78. The molecule has 0 amide bonds. The topological polar surface area (TPSA) is 29.5 Å². The molecule has 1 aliphatic rings. The molecular formula is C17H17FO2.